The summed E-state index contributed by atoms with van der Waals surface area (Å²) in [5, 5.41) is 9.23. The van der Waals surface area contributed by atoms with Crippen molar-refractivity contribution in [1.82, 2.24) is 9.88 Å². The Morgan fingerprint density at radius 3 is 3.20 bits per heavy atom. The average molecular weight is 206 g/mol. The third kappa shape index (κ3) is 2.36. The highest BCUT2D eigenvalue weighted by molar-refractivity contribution is 5.18. The molecule has 0 aromatic carbocycles. The molecule has 3 nitrogen and oxygen atoms in total. The van der Waals surface area contributed by atoms with E-state index in [2.05, 4.69) is 16.0 Å². The number of rotatable bonds is 3. The lowest BCUT2D eigenvalue weighted by Gasteiger charge is -2.23. The maximum atomic E-state index is 9.23. The van der Waals surface area contributed by atoms with E-state index >= 15 is 0 Å². The summed E-state index contributed by atoms with van der Waals surface area (Å²) in [6.07, 6.45) is 4.15. The molecule has 1 aromatic rings. The quantitative estimate of drug-likeness (QED) is 0.811. The third-order valence-electron chi connectivity index (χ3n) is 3.20. The lowest BCUT2D eigenvalue weighted by atomic mass is 10.2. The summed E-state index contributed by atoms with van der Waals surface area (Å²) < 4.78 is 0. The molecule has 3 heteroatoms. The summed E-state index contributed by atoms with van der Waals surface area (Å²) in [6.45, 7) is 4.34. The summed E-state index contributed by atoms with van der Waals surface area (Å²) >= 11 is 0. The summed E-state index contributed by atoms with van der Waals surface area (Å²) in [4.78, 5) is 6.63. The van der Waals surface area contributed by atoms with Gasteiger partial charge in [0.05, 0.1) is 6.61 Å². The van der Waals surface area contributed by atoms with Gasteiger partial charge in [-0.2, -0.15) is 0 Å². The van der Waals surface area contributed by atoms with E-state index in [1.165, 1.54) is 12.0 Å². The highest BCUT2D eigenvalue weighted by atomic mass is 16.3. The minimum Gasteiger partial charge on any atom is -0.395 e. The molecule has 2 rings (SSSR count). The van der Waals surface area contributed by atoms with Crippen molar-refractivity contribution in [2.24, 2.45) is 0 Å². The maximum absolute atomic E-state index is 9.23. The van der Waals surface area contributed by atoms with E-state index in [0.29, 0.717) is 6.04 Å². The topological polar surface area (TPSA) is 36.4 Å². The molecule has 1 fully saturated rings. The lowest BCUT2D eigenvalue weighted by Crippen LogP contribution is -2.31. The van der Waals surface area contributed by atoms with Crippen LogP contribution in [0.2, 0.25) is 0 Å². The fourth-order valence-corrected chi connectivity index (χ4v) is 2.21. The second-order valence-electron chi connectivity index (χ2n) is 4.20. The number of aryl methyl sites for hydroxylation is 1. The zero-order chi connectivity index (χ0) is 10.7. The zero-order valence-corrected chi connectivity index (χ0v) is 9.19. The van der Waals surface area contributed by atoms with Gasteiger partial charge in [0, 0.05) is 24.5 Å². The molecule has 82 valence electrons. The van der Waals surface area contributed by atoms with Crippen LogP contribution in [0.15, 0.2) is 18.3 Å². The van der Waals surface area contributed by atoms with Gasteiger partial charge in [0.15, 0.2) is 0 Å². The van der Waals surface area contributed by atoms with E-state index in [-0.39, 0.29) is 6.61 Å². The van der Waals surface area contributed by atoms with Gasteiger partial charge in [-0.05, 0) is 37.9 Å². The van der Waals surface area contributed by atoms with E-state index in [1.54, 1.807) is 0 Å². The molecule has 1 aromatic heterocycles. The predicted octanol–water partition coefficient (Wildman–Crippen LogP) is 1.35. The van der Waals surface area contributed by atoms with Gasteiger partial charge in [0.2, 0.25) is 0 Å². The van der Waals surface area contributed by atoms with Crippen LogP contribution in [0.5, 0.6) is 0 Å². The Hall–Kier alpha value is -0.930. The Balaban J connectivity index is 2.05. The summed E-state index contributed by atoms with van der Waals surface area (Å²) in [7, 11) is 0. The van der Waals surface area contributed by atoms with Crippen molar-refractivity contribution in [2.45, 2.75) is 32.4 Å². The number of nitrogens with zero attached hydrogens (tertiary/aromatic N) is 2. The Bertz CT molecular complexity index is 327. The Morgan fingerprint density at radius 2 is 2.47 bits per heavy atom. The molecule has 1 aliphatic rings. The van der Waals surface area contributed by atoms with E-state index in [0.717, 1.165) is 25.2 Å². The highest BCUT2D eigenvalue weighted by Gasteiger charge is 2.23. The number of hydrogen-bond acceptors (Lipinski definition) is 3. The summed E-state index contributed by atoms with van der Waals surface area (Å²) in [6, 6.07) is 4.45. The Morgan fingerprint density at radius 1 is 1.60 bits per heavy atom. The maximum Gasteiger partial charge on any atom is 0.0587 e. The Labute approximate surface area is 90.8 Å². The molecular weight excluding hydrogens is 188 g/mol. The van der Waals surface area contributed by atoms with Crippen molar-refractivity contribution in [3.63, 3.8) is 0 Å². The van der Waals surface area contributed by atoms with Crippen LogP contribution in [0.4, 0.5) is 0 Å². The monoisotopic (exact) mass is 206 g/mol. The number of aromatic nitrogens is 1. The van der Waals surface area contributed by atoms with Crippen LogP contribution in [0, 0.1) is 6.92 Å². The molecule has 0 bridgehead atoms. The number of aliphatic hydroxyl groups excluding tert-OH is 1. The SMILES string of the molecule is Cc1ncccc1CN1CCCC1CO. The third-order valence-corrected chi connectivity index (χ3v) is 3.20. The van der Waals surface area contributed by atoms with E-state index in [1.807, 2.05) is 19.2 Å². The van der Waals surface area contributed by atoms with Crippen molar-refractivity contribution in [1.29, 1.82) is 0 Å². The first kappa shape index (κ1) is 10.6. The predicted molar refractivity (Wildman–Crippen MR) is 59.5 cm³/mol. The van der Waals surface area contributed by atoms with Gasteiger partial charge in [0.1, 0.15) is 0 Å². The van der Waals surface area contributed by atoms with Crippen LogP contribution in [0.25, 0.3) is 0 Å². The van der Waals surface area contributed by atoms with Gasteiger partial charge < -0.3 is 5.11 Å². The van der Waals surface area contributed by atoms with Crippen LogP contribution >= 0.6 is 0 Å². The molecule has 0 saturated carbocycles. The minimum atomic E-state index is 0.277. The fourth-order valence-electron chi connectivity index (χ4n) is 2.21. The zero-order valence-electron chi connectivity index (χ0n) is 9.19. The number of pyridine rings is 1. The van der Waals surface area contributed by atoms with Gasteiger partial charge in [-0.25, -0.2) is 0 Å². The van der Waals surface area contributed by atoms with Crippen LogP contribution in [-0.4, -0.2) is 34.2 Å². The Kier molecular flexibility index (Phi) is 3.34. The minimum absolute atomic E-state index is 0.277. The first-order valence-electron chi connectivity index (χ1n) is 5.56. The average Bonchev–Trinajstić information content (AvgIpc) is 2.69. The summed E-state index contributed by atoms with van der Waals surface area (Å²) in [5.41, 5.74) is 2.37. The molecule has 0 aliphatic carbocycles. The smallest absolute Gasteiger partial charge is 0.0587 e. The standard InChI is InChI=1S/C12H18N2O/c1-10-11(4-2-6-13-10)8-14-7-3-5-12(14)9-15/h2,4,6,12,15H,3,5,7-9H2,1H3. The molecule has 0 amide bonds. The molecule has 1 saturated heterocycles. The van der Waals surface area contributed by atoms with E-state index in [9.17, 15) is 5.11 Å². The van der Waals surface area contributed by atoms with Crippen molar-refractivity contribution in [3.8, 4) is 0 Å². The molecule has 15 heavy (non-hydrogen) atoms. The molecule has 1 aliphatic heterocycles. The molecule has 0 spiro atoms. The van der Waals surface area contributed by atoms with Gasteiger partial charge in [-0.1, -0.05) is 6.07 Å². The largest absolute Gasteiger partial charge is 0.395 e. The van der Waals surface area contributed by atoms with Crippen molar-refractivity contribution in [2.75, 3.05) is 13.2 Å². The van der Waals surface area contributed by atoms with Gasteiger partial charge in [0.25, 0.3) is 0 Å². The summed E-state index contributed by atoms with van der Waals surface area (Å²) in [5.74, 6) is 0. The molecule has 1 atom stereocenters. The number of likely N-dealkylation sites (tertiary alicyclic amines) is 1. The van der Waals surface area contributed by atoms with Crippen molar-refractivity contribution < 1.29 is 5.11 Å². The van der Waals surface area contributed by atoms with E-state index < -0.39 is 0 Å². The number of hydrogen-bond donors (Lipinski definition) is 1. The van der Waals surface area contributed by atoms with Crippen LogP contribution in [0.1, 0.15) is 24.1 Å². The van der Waals surface area contributed by atoms with Crippen molar-refractivity contribution >= 4 is 0 Å². The molecule has 1 unspecified atom stereocenters. The molecule has 2 heterocycles. The van der Waals surface area contributed by atoms with Crippen LogP contribution in [0.3, 0.4) is 0 Å². The normalized spacial score (nSPS) is 22.1. The highest BCUT2D eigenvalue weighted by Crippen LogP contribution is 2.20. The number of aliphatic hydroxyl groups is 1. The van der Waals surface area contributed by atoms with Gasteiger partial charge in [-0.3, -0.25) is 9.88 Å². The first-order valence-corrected chi connectivity index (χ1v) is 5.56. The molecule has 0 radical (unpaired) electrons. The second kappa shape index (κ2) is 4.73. The lowest BCUT2D eigenvalue weighted by molar-refractivity contribution is 0.153. The second-order valence-corrected chi connectivity index (χ2v) is 4.20. The molecular formula is C12H18N2O. The molecule has 1 N–H and O–H groups in total. The first-order chi connectivity index (χ1) is 7.31. The van der Waals surface area contributed by atoms with Crippen LogP contribution < -0.4 is 0 Å². The fraction of sp³-hybridized carbons (Fsp3) is 0.583. The van der Waals surface area contributed by atoms with Gasteiger partial charge in [-0.15, -0.1) is 0 Å². The van der Waals surface area contributed by atoms with Crippen LogP contribution in [-0.2, 0) is 6.54 Å². The van der Waals surface area contributed by atoms with Crippen molar-refractivity contribution in [3.05, 3.63) is 29.6 Å². The van der Waals surface area contributed by atoms with Gasteiger partial charge >= 0.3 is 0 Å². The van der Waals surface area contributed by atoms with E-state index in [4.69, 9.17) is 0 Å².